The van der Waals surface area contributed by atoms with Gasteiger partial charge < -0.3 is 4.74 Å². The Morgan fingerprint density at radius 1 is 1.02 bits per heavy atom. The summed E-state index contributed by atoms with van der Waals surface area (Å²) in [6.45, 7) is 4.50. The second-order valence-corrected chi connectivity index (χ2v) is 11.8. The van der Waals surface area contributed by atoms with Gasteiger partial charge >= 0.3 is 5.97 Å². The molecule has 6 rings (SSSR count). The van der Waals surface area contributed by atoms with Gasteiger partial charge in [0.1, 0.15) is 12.2 Å². The summed E-state index contributed by atoms with van der Waals surface area (Å²) in [6.07, 6.45) is 3.39. The van der Waals surface area contributed by atoms with Gasteiger partial charge in [-0.2, -0.15) is 5.26 Å². The van der Waals surface area contributed by atoms with Gasteiger partial charge in [-0.05, 0) is 49.6 Å². The van der Waals surface area contributed by atoms with Gasteiger partial charge in [-0.25, -0.2) is 8.78 Å². The van der Waals surface area contributed by atoms with Gasteiger partial charge in [0.05, 0.1) is 27.8 Å². The maximum absolute atomic E-state index is 15.8. The summed E-state index contributed by atoms with van der Waals surface area (Å²) in [4.78, 5) is 45.2. The number of esters is 1. The normalized spacial score (nSPS) is 27.6. The molecular weight excluding hydrogens is 552 g/mol. The highest BCUT2D eigenvalue weighted by Gasteiger charge is 2.69. The molecule has 1 unspecified atom stereocenters. The lowest BCUT2D eigenvalue weighted by Gasteiger charge is -2.48. The van der Waals surface area contributed by atoms with E-state index in [1.807, 2.05) is 31.2 Å². The third-order valence-electron chi connectivity index (χ3n) is 9.34. The van der Waals surface area contributed by atoms with E-state index in [2.05, 4.69) is 11.1 Å². The summed E-state index contributed by atoms with van der Waals surface area (Å²) < 4.78 is 37.1. The van der Waals surface area contributed by atoms with Crippen LogP contribution in [0.1, 0.15) is 57.8 Å². The first-order valence-corrected chi connectivity index (χ1v) is 14.2. The van der Waals surface area contributed by atoms with E-state index in [0.717, 1.165) is 21.6 Å². The van der Waals surface area contributed by atoms with Crippen LogP contribution in [0.4, 0.5) is 8.78 Å². The molecule has 0 bridgehead atoms. The van der Waals surface area contributed by atoms with Crippen molar-refractivity contribution in [3.05, 3.63) is 94.8 Å². The van der Waals surface area contributed by atoms with Gasteiger partial charge in [-0.1, -0.05) is 49.4 Å². The fourth-order valence-corrected chi connectivity index (χ4v) is 7.10. The van der Waals surface area contributed by atoms with E-state index in [1.165, 1.54) is 19.1 Å². The largest absolute Gasteiger partial charge is 0.462 e. The molecule has 0 N–H and O–H groups in total. The van der Waals surface area contributed by atoms with E-state index in [9.17, 15) is 19.6 Å². The van der Waals surface area contributed by atoms with Gasteiger partial charge in [0, 0.05) is 42.1 Å². The number of alkyl halides is 2. The summed E-state index contributed by atoms with van der Waals surface area (Å²) >= 11 is 0. The zero-order valence-corrected chi connectivity index (χ0v) is 23.9. The molecule has 3 aromatic rings. The number of cyclic esters (lactones) is 1. The van der Waals surface area contributed by atoms with Crippen LogP contribution in [0.5, 0.6) is 0 Å². The number of nitriles is 1. The maximum atomic E-state index is 15.8. The molecule has 3 heterocycles. The summed E-state index contributed by atoms with van der Waals surface area (Å²) in [5, 5.41) is 9.59. The molecule has 9 heteroatoms. The highest BCUT2D eigenvalue weighted by atomic mass is 19.3. The number of imide groups is 1. The molecule has 1 saturated heterocycles. The third kappa shape index (κ3) is 4.44. The van der Waals surface area contributed by atoms with Crippen LogP contribution in [0, 0.1) is 41.4 Å². The standard InChI is InChI=1S/C34H29F2N3O4/c1-19-7-6-10-25(28(19)15-37)22-11-12-23(38-16-22)13-14-24-20(2)34(35,36)17-33(29(24)21(3)43-32(33)42)18-39-30(40)26-8-4-5-9-27(26)31(39)41/h4-14,16,20-21,24,29H,17-18H2,1-3H3/b14-13+/t20-,21+,24-,29-,33?/m0/s1. The molecule has 2 aliphatic heterocycles. The first kappa shape index (κ1) is 28.4. The Bertz CT molecular complexity index is 1690. The molecule has 2 fully saturated rings. The molecule has 2 aromatic carbocycles. The lowest BCUT2D eigenvalue weighted by atomic mass is 9.56. The van der Waals surface area contributed by atoms with Crippen molar-refractivity contribution in [2.75, 3.05) is 6.54 Å². The number of fused-ring (bicyclic) bond motifs is 2. The zero-order chi connectivity index (χ0) is 30.7. The third-order valence-corrected chi connectivity index (χ3v) is 9.34. The molecule has 0 radical (unpaired) electrons. The predicted molar refractivity (Wildman–Crippen MR) is 154 cm³/mol. The van der Waals surface area contributed by atoms with E-state index in [1.54, 1.807) is 43.5 Å². The van der Waals surface area contributed by atoms with Crippen LogP contribution in [0.3, 0.4) is 0 Å². The minimum absolute atomic E-state index is 0.189. The minimum Gasteiger partial charge on any atom is -0.462 e. The summed E-state index contributed by atoms with van der Waals surface area (Å²) in [5.41, 5.74) is 2.03. The number of hydrogen-bond acceptors (Lipinski definition) is 6. The van der Waals surface area contributed by atoms with Crippen molar-refractivity contribution in [3.8, 4) is 17.2 Å². The Labute approximate surface area is 247 Å². The van der Waals surface area contributed by atoms with E-state index in [0.29, 0.717) is 11.3 Å². The topological polar surface area (TPSA) is 100 Å². The van der Waals surface area contributed by atoms with Crippen LogP contribution in [0.25, 0.3) is 17.2 Å². The Kier molecular flexibility index (Phi) is 6.76. The van der Waals surface area contributed by atoms with Gasteiger partial charge in [-0.3, -0.25) is 24.3 Å². The Morgan fingerprint density at radius 3 is 2.33 bits per heavy atom. The molecule has 5 atom stereocenters. The van der Waals surface area contributed by atoms with Crippen molar-refractivity contribution in [2.45, 2.75) is 39.2 Å². The van der Waals surface area contributed by atoms with Crippen molar-refractivity contribution in [1.29, 1.82) is 5.26 Å². The summed E-state index contributed by atoms with van der Waals surface area (Å²) in [7, 11) is 0. The number of halogens is 2. The zero-order valence-electron chi connectivity index (χ0n) is 23.9. The number of ether oxygens (including phenoxy) is 1. The molecule has 0 spiro atoms. The van der Waals surface area contributed by atoms with Crippen LogP contribution in [-0.2, 0) is 9.53 Å². The second kappa shape index (κ2) is 10.2. The maximum Gasteiger partial charge on any atom is 0.314 e. The van der Waals surface area contributed by atoms with Crippen molar-refractivity contribution in [2.24, 2.45) is 23.2 Å². The van der Waals surface area contributed by atoms with Crippen LogP contribution >= 0.6 is 0 Å². The number of amides is 2. The van der Waals surface area contributed by atoms with Gasteiger partial charge in [0.2, 0.25) is 0 Å². The minimum atomic E-state index is -3.27. The molecule has 1 saturated carbocycles. The van der Waals surface area contributed by atoms with Gasteiger partial charge in [0.15, 0.2) is 0 Å². The second-order valence-electron chi connectivity index (χ2n) is 11.8. The van der Waals surface area contributed by atoms with Crippen LogP contribution in [-0.4, -0.2) is 46.2 Å². The quantitative estimate of drug-likeness (QED) is 0.268. The first-order valence-electron chi connectivity index (χ1n) is 14.2. The van der Waals surface area contributed by atoms with Gasteiger partial charge in [0.25, 0.3) is 17.7 Å². The molecule has 1 aromatic heterocycles. The Hall–Kier alpha value is -4.71. The molecule has 218 valence electrons. The average Bonchev–Trinajstić information content (AvgIpc) is 3.37. The lowest BCUT2D eigenvalue weighted by Crippen LogP contribution is -2.58. The van der Waals surface area contributed by atoms with E-state index in [4.69, 9.17) is 4.74 Å². The number of rotatable bonds is 5. The number of allylic oxidation sites excluding steroid dienone is 1. The van der Waals surface area contributed by atoms with Crippen molar-refractivity contribution >= 4 is 23.9 Å². The van der Waals surface area contributed by atoms with Gasteiger partial charge in [-0.15, -0.1) is 0 Å². The number of carbonyl (C=O) groups is 3. The van der Waals surface area contributed by atoms with E-state index < -0.39 is 65.9 Å². The number of aryl methyl sites for hydroxylation is 1. The van der Waals surface area contributed by atoms with Crippen molar-refractivity contribution in [1.82, 2.24) is 9.88 Å². The molecular formula is C34H29F2N3O4. The van der Waals surface area contributed by atoms with Crippen LogP contribution in [0.2, 0.25) is 0 Å². The van der Waals surface area contributed by atoms with Crippen molar-refractivity contribution < 1.29 is 27.9 Å². The monoisotopic (exact) mass is 581 g/mol. The smallest absolute Gasteiger partial charge is 0.314 e. The first-order chi connectivity index (χ1) is 20.5. The Morgan fingerprint density at radius 2 is 1.70 bits per heavy atom. The number of pyridine rings is 1. The summed E-state index contributed by atoms with van der Waals surface area (Å²) in [6, 6.07) is 17.6. The van der Waals surface area contributed by atoms with E-state index in [-0.39, 0.29) is 11.1 Å². The molecule has 43 heavy (non-hydrogen) atoms. The number of nitrogens with zero attached hydrogens (tertiary/aromatic N) is 3. The summed E-state index contributed by atoms with van der Waals surface area (Å²) in [5.74, 6) is -7.97. The number of carbonyl (C=O) groups excluding carboxylic acids is 3. The van der Waals surface area contributed by atoms with Crippen molar-refractivity contribution in [3.63, 3.8) is 0 Å². The average molecular weight is 582 g/mol. The molecule has 1 aliphatic carbocycles. The fraction of sp³-hybridized carbons (Fsp3) is 0.324. The highest BCUT2D eigenvalue weighted by Crippen LogP contribution is 2.60. The predicted octanol–water partition coefficient (Wildman–Crippen LogP) is 6.08. The fourth-order valence-electron chi connectivity index (χ4n) is 7.10. The highest BCUT2D eigenvalue weighted by molar-refractivity contribution is 6.21. The van der Waals surface area contributed by atoms with E-state index >= 15 is 8.78 Å². The SMILES string of the molecule is Cc1cccc(-c2ccc(/C=C/[C@@H]3[C@@H]4[C@@H](C)OC(=O)C4(CN4C(=O)c5ccccc5C4=O)CC(F)(F)[C@H]3C)nc2)c1C#N. The number of benzene rings is 2. The lowest BCUT2D eigenvalue weighted by molar-refractivity contribution is -0.172. The number of aromatic nitrogens is 1. The van der Waals surface area contributed by atoms with Crippen LogP contribution < -0.4 is 0 Å². The molecule has 2 amide bonds. The molecule has 3 aliphatic rings. The van der Waals surface area contributed by atoms with Crippen LogP contribution in [0.15, 0.2) is 66.9 Å². The molecule has 7 nitrogen and oxygen atoms in total. The number of hydrogen-bond donors (Lipinski definition) is 0. The Balaban J connectivity index is 1.33.